The molecule has 3 heteroatoms. The molecule has 0 spiro atoms. The molecule has 0 amide bonds. The van der Waals surface area contributed by atoms with Gasteiger partial charge in [0.05, 0.1) is 11.5 Å². The summed E-state index contributed by atoms with van der Waals surface area (Å²) >= 11 is 0. The van der Waals surface area contributed by atoms with Crippen molar-refractivity contribution < 1.29 is 9.09 Å². The lowest BCUT2D eigenvalue weighted by Crippen LogP contribution is -2.18. The maximum absolute atomic E-state index is 14.0. The Labute approximate surface area is 152 Å². The lowest BCUT2D eigenvalue weighted by atomic mass is 10.0. The predicted molar refractivity (Wildman–Crippen MR) is 107 cm³/mol. The van der Waals surface area contributed by atoms with Gasteiger partial charge in [0, 0.05) is 5.56 Å². The summed E-state index contributed by atoms with van der Waals surface area (Å²) in [6.45, 7) is 0. The molecule has 0 N–H and O–H groups in total. The van der Waals surface area contributed by atoms with Crippen LogP contribution in [0, 0.1) is 0 Å². The molecule has 1 unspecified atom stereocenters. The minimum atomic E-state index is -3.06. The van der Waals surface area contributed by atoms with Crippen LogP contribution in [0.2, 0.25) is 0 Å². The third kappa shape index (κ3) is 2.38. The highest BCUT2D eigenvalue weighted by Crippen LogP contribution is 2.56. The first-order valence-corrected chi connectivity index (χ1v) is 10.5. The third-order valence-electron chi connectivity index (χ3n) is 4.95. The Morgan fingerprint density at radius 2 is 1.38 bits per heavy atom. The van der Waals surface area contributed by atoms with Crippen molar-refractivity contribution in [2.24, 2.45) is 0 Å². The molecule has 1 aliphatic rings. The summed E-state index contributed by atoms with van der Waals surface area (Å²) < 4.78 is 20.2. The van der Waals surface area contributed by atoms with E-state index in [2.05, 4.69) is 24.3 Å². The first-order chi connectivity index (χ1) is 12.7. The van der Waals surface area contributed by atoms with Gasteiger partial charge in [0.15, 0.2) is 0 Å². The summed E-state index contributed by atoms with van der Waals surface area (Å²) in [5.41, 5.74) is 3.08. The van der Waals surface area contributed by atoms with E-state index in [1.54, 1.807) is 0 Å². The van der Waals surface area contributed by atoms with Crippen molar-refractivity contribution in [2.75, 3.05) is 0 Å². The van der Waals surface area contributed by atoms with Crippen molar-refractivity contribution in [1.29, 1.82) is 0 Å². The van der Waals surface area contributed by atoms with Crippen LogP contribution >= 0.6 is 7.37 Å². The normalized spacial score (nSPS) is 18.0. The largest absolute Gasteiger partial charge is 0.439 e. The van der Waals surface area contributed by atoms with Crippen molar-refractivity contribution in [3.63, 3.8) is 0 Å². The Balaban J connectivity index is 1.68. The number of benzene rings is 4. The molecule has 0 bridgehead atoms. The van der Waals surface area contributed by atoms with Crippen LogP contribution < -0.4 is 9.83 Å². The summed E-state index contributed by atoms with van der Waals surface area (Å²) in [5.74, 6) is 0.703. The standard InChI is InChI=1S/C23H17O2P/c24-26(16-18-10-7-9-17-8-1-2-11-19(17)18)23-15-6-4-13-21(23)20-12-3-5-14-22(20)25-26/h1-15H,16H2. The molecule has 0 aromatic heterocycles. The highest BCUT2D eigenvalue weighted by Gasteiger charge is 2.36. The van der Waals surface area contributed by atoms with Crippen molar-refractivity contribution in [1.82, 2.24) is 0 Å². The molecule has 1 atom stereocenters. The maximum atomic E-state index is 14.0. The van der Waals surface area contributed by atoms with Gasteiger partial charge in [-0.15, -0.1) is 0 Å². The van der Waals surface area contributed by atoms with Gasteiger partial charge < -0.3 is 4.52 Å². The van der Waals surface area contributed by atoms with Gasteiger partial charge in [-0.2, -0.15) is 0 Å². The average Bonchev–Trinajstić information content (AvgIpc) is 2.69. The number of fused-ring (bicyclic) bond motifs is 4. The molecular formula is C23H17O2P. The lowest BCUT2D eigenvalue weighted by Gasteiger charge is -2.29. The molecule has 0 saturated heterocycles. The van der Waals surface area contributed by atoms with E-state index in [-0.39, 0.29) is 0 Å². The highest BCUT2D eigenvalue weighted by molar-refractivity contribution is 7.67. The highest BCUT2D eigenvalue weighted by atomic mass is 31.2. The Kier molecular flexibility index (Phi) is 3.48. The first-order valence-electron chi connectivity index (χ1n) is 8.69. The molecule has 0 radical (unpaired) electrons. The molecular weight excluding hydrogens is 339 g/mol. The van der Waals surface area contributed by atoms with Crippen molar-refractivity contribution in [3.05, 3.63) is 96.6 Å². The number of hydrogen-bond acceptors (Lipinski definition) is 2. The summed E-state index contributed by atoms with van der Waals surface area (Å²) in [6, 6.07) is 30.1. The van der Waals surface area contributed by atoms with Crippen molar-refractivity contribution >= 4 is 23.4 Å². The molecule has 0 aliphatic carbocycles. The smallest absolute Gasteiger partial charge is 0.282 e. The maximum Gasteiger partial charge on any atom is 0.282 e. The Morgan fingerprint density at radius 3 is 2.31 bits per heavy atom. The fraction of sp³-hybridized carbons (Fsp3) is 0.0435. The minimum Gasteiger partial charge on any atom is -0.439 e. The quantitative estimate of drug-likeness (QED) is 0.412. The van der Waals surface area contributed by atoms with E-state index in [1.165, 1.54) is 0 Å². The first kappa shape index (κ1) is 15.4. The van der Waals surface area contributed by atoms with E-state index < -0.39 is 7.37 Å². The SMILES string of the molecule is O=P1(Cc2cccc3ccccc23)Oc2ccccc2-c2ccccc21. The molecule has 4 aromatic carbocycles. The van der Waals surface area contributed by atoms with Crippen LogP contribution in [0.3, 0.4) is 0 Å². The molecule has 5 rings (SSSR count). The second-order valence-corrected chi connectivity index (χ2v) is 8.90. The van der Waals surface area contributed by atoms with Crippen LogP contribution in [0.4, 0.5) is 0 Å². The zero-order valence-electron chi connectivity index (χ0n) is 14.1. The van der Waals surface area contributed by atoms with Crippen LogP contribution in [0.25, 0.3) is 21.9 Å². The van der Waals surface area contributed by atoms with Crippen LogP contribution in [-0.2, 0) is 10.7 Å². The Morgan fingerprint density at radius 1 is 0.692 bits per heavy atom. The molecule has 0 saturated carbocycles. The van der Waals surface area contributed by atoms with Crippen LogP contribution in [0.5, 0.6) is 5.75 Å². The molecule has 1 aliphatic heterocycles. The number of rotatable bonds is 2. The van der Waals surface area contributed by atoms with Gasteiger partial charge in [0.25, 0.3) is 7.37 Å². The summed E-state index contributed by atoms with van der Waals surface area (Å²) in [7, 11) is -3.06. The molecule has 2 nitrogen and oxygen atoms in total. The van der Waals surface area contributed by atoms with Gasteiger partial charge in [-0.05, 0) is 34.0 Å². The second kappa shape index (κ2) is 5.86. The van der Waals surface area contributed by atoms with Crippen LogP contribution in [0.15, 0.2) is 91.0 Å². The number of hydrogen-bond donors (Lipinski definition) is 0. The minimum absolute atomic E-state index is 0.389. The third-order valence-corrected chi connectivity index (χ3v) is 7.33. The fourth-order valence-electron chi connectivity index (χ4n) is 3.75. The predicted octanol–water partition coefficient (Wildman–Crippen LogP) is 6.00. The van der Waals surface area contributed by atoms with Crippen LogP contribution in [-0.4, -0.2) is 0 Å². The van der Waals surface area contributed by atoms with E-state index in [0.717, 1.165) is 32.8 Å². The zero-order chi connectivity index (χ0) is 17.6. The van der Waals surface area contributed by atoms with Gasteiger partial charge in [-0.25, -0.2) is 0 Å². The molecule has 0 fully saturated rings. The summed E-state index contributed by atoms with van der Waals surface area (Å²) in [4.78, 5) is 0. The average molecular weight is 356 g/mol. The second-order valence-electron chi connectivity index (χ2n) is 6.57. The van der Waals surface area contributed by atoms with Gasteiger partial charge in [-0.3, -0.25) is 4.57 Å². The topological polar surface area (TPSA) is 26.3 Å². The summed E-state index contributed by atoms with van der Waals surface area (Å²) in [5, 5.41) is 3.10. The van der Waals surface area contributed by atoms with E-state index in [4.69, 9.17) is 4.52 Å². The van der Waals surface area contributed by atoms with E-state index in [0.29, 0.717) is 11.9 Å². The molecule has 126 valence electrons. The van der Waals surface area contributed by atoms with Gasteiger partial charge in [-0.1, -0.05) is 78.9 Å². The van der Waals surface area contributed by atoms with Gasteiger partial charge in [0.1, 0.15) is 5.75 Å². The van der Waals surface area contributed by atoms with E-state index >= 15 is 0 Å². The molecule has 4 aromatic rings. The van der Waals surface area contributed by atoms with Gasteiger partial charge in [0.2, 0.25) is 0 Å². The number of para-hydroxylation sites is 1. The monoisotopic (exact) mass is 356 g/mol. The summed E-state index contributed by atoms with van der Waals surface area (Å²) in [6.07, 6.45) is 0.389. The Bertz CT molecular complexity index is 1170. The molecule has 1 heterocycles. The van der Waals surface area contributed by atoms with Crippen molar-refractivity contribution in [3.8, 4) is 16.9 Å². The lowest BCUT2D eigenvalue weighted by molar-refractivity contribution is 0.490. The van der Waals surface area contributed by atoms with E-state index in [9.17, 15) is 4.57 Å². The van der Waals surface area contributed by atoms with Crippen molar-refractivity contribution in [2.45, 2.75) is 6.16 Å². The van der Waals surface area contributed by atoms with Crippen LogP contribution in [0.1, 0.15) is 5.56 Å². The molecule has 26 heavy (non-hydrogen) atoms. The fourth-order valence-corrected chi connectivity index (χ4v) is 6.16. The Hall–Kier alpha value is -2.83. The van der Waals surface area contributed by atoms with Gasteiger partial charge >= 0.3 is 0 Å². The zero-order valence-corrected chi connectivity index (χ0v) is 15.0. The van der Waals surface area contributed by atoms with E-state index in [1.807, 2.05) is 66.7 Å².